The summed E-state index contributed by atoms with van der Waals surface area (Å²) in [6.07, 6.45) is -1.44. The Morgan fingerprint density at radius 1 is 1.47 bits per heavy atom. The van der Waals surface area contributed by atoms with Gasteiger partial charge in [0.25, 0.3) is 0 Å². The molecule has 1 aromatic rings. The van der Waals surface area contributed by atoms with Crippen LogP contribution in [-0.4, -0.2) is 27.3 Å². The van der Waals surface area contributed by atoms with Gasteiger partial charge in [0.2, 0.25) is 0 Å². The summed E-state index contributed by atoms with van der Waals surface area (Å²) in [5, 5.41) is 27.6. The predicted molar refractivity (Wildman–Crippen MR) is 56.4 cm³/mol. The zero-order valence-corrected chi connectivity index (χ0v) is 9.18. The minimum Gasteiger partial charge on any atom is -0.508 e. The molecule has 5 nitrogen and oxygen atoms in total. The molecule has 2 atom stereocenters. The van der Waals surface area contributed by atoms with Crippen molar-refractivity contribution in [3.8, 4) is 5.75 Å². The molecule has 15 heavy (non-hydrogen) atoms. The molecule has 0 aromatic heterocycles. The second-order valence-corrected chi connectivity index (χ2v) is 3.93. The van der Waals surface area contributed by atoms with Crippen LogP contribution in [0.2, 0.25) is 0 Å². The molecule has 0 bridgehead atoms. The number of aliphatic hydroxyl groups excluding tert-OH is 1. The minimum atomic E-state index is -1.47. The third-order valence-electron chi connectivity index (χ3n) is 1.93. The first-order valence-electron chi connectivity index (χ1n) is 4.08. The number of aromatic hydroxyl groups is 1. The number of aliphatic hydroxyl groups is 1. The Kier molecular flexibility index (Phi) is 3.67. The van der Waals surface area contributed by atoms with Gasteiger partial charge in [0.15, 0.2) is 0 Å². The van der Waals surface area contributed by atoms with Gasteiger partial charge >= 0.3 is 5.97 Å². The molecule has 0 saturated heterocycles. The molecule has 82 valence electrons. The number of nitrogens with two attached hydrogens (primary N) is 1. The molecule has 0 aliphatic carbocycles. The van der Waals surface area contributed by atoms with Gasteiger partial charge in [-0.25, -0.2) is 0 Å². The maximum atomic E-state index is 10.5. The Labute approximate surface area is 94.3 Å². The summed E-state index contributed by atoms with van der Waals surface area (Å²) in [5.41, 5.74) is 5.32. The average molecular weight is 276 g/mol. The lowest BCUT2D eigenvalue weighted by molar-refractivity contribution is -0.141. The molecule has 0 spiro atoms. The number of carboxylic acid groups (broad SMARTS) is 1. The van der Waals surface area contributed by atoms with Crippen LogP contribution >= 0.6 is 15.9 Å². The first kappa shape index (κ1) is 12.0. The van der Waals surface area contributed by atoms with Crippen molar-refractivity contribution in [3.05, 3.63) is 28.2 Å². The van der Waals surface area contributed by atoms with Crippen molar-refractivity contribution in [2.45, 2.75) is 12.1 Å². The van der Waals surface area contributed by atoms with E-state index in [1.165, 1.54) is 12.1 Å². The van der Waals surface area contributed by atoms with Crippen LogP contribution < -0.4 is 5.73 Å². The quantitative estimate of drug-likeness (QED) is 0.647. The van der Waals surface area contributed by atoms with Crippen LogP contribution in [-0.2, 0) is 4.79 Å². The monoisotopic (exact) mass is 275 g/mol. The Balaban J connectivity index is 3.04. The summed E-state index contributed by atoms with van der Waals surface area (Å²) in [6.45, 7) is 0. The summed E-state index contributed by atoms with van der Waals surface area (Å²) in [6, 6.07) is 2.86. The van der Waals surface area contributed by atoms with Crippen molar-refractivity contribution in [2.75, 3.05) is 0 Å². The smallest absolute Gasteiger partial charge is 0.323 e. The highest BCUT2D eigenvalue weighted by molar-refractivity contribution is 9.10. The molecule has 5 N–H and O–H groups in total. The Morgan fingerprint density at radius 2 is 2.07 bits per heavy atom. The molecule has 1 rings (SSSR count). The molecule has 1 aromatic carbocycles. The molecular weight excluding hydrogens is 266 g/mol. The number of hydrogen-bond acceptors (Lipinski definition) is 4. The maximum absolute atomic E-state index is 10.5. The van der Waals surface area contributed by atoms with E-state index in [9.17, 15) is 15.0 Å². The van der Waals surface area contributed by atoms with Gasteiger partial charge < -0.3 is 21.1 Å². The standard InChI is InChI=1S/C9H10BrNO4/c10-4-1-2-6(12)5(3-4)8(13)7(11)9(14)15/h1-3,7-8,12-13H,11H2,(H,14,15). The van der Waals surface area contributed by atoms with Gasteiger partial charge in [0, 0.05) is 10.0 Å². The largest absolute Gasteiger partial charge is 0.508 e. The first-order valence-corrected chi connectivity index (χ1v) is 4.87. The first-order chi connectivity index (χ1) is 6.93. The zero-order valence-electron chi connectivity index (χ0n) is 7.59. The molecule has 0 heterocycles. The van der Waals surface area contributed by atoms with Gasteiger partial charge in [-0.15, -0.1) is 0 Å². The van der Waals surface area contributed by atoms with E-state index in [4.69, 9.17) is 10.8 Å². The van der Waals surface area contributed by atoms with Crippen LogP contribution in [0.3, 0.4) is 0 Å². The Hall–Kier alpha value is -1.11. The van der Waals surface area contributed by atoms with Crippen LogP contribution in [0.5, 0.6) is 5.75 Å². The fourth-order valence-electron chi connectivity index (χ4n) is 1.09. The van der Waals surface area contributed by atoms with Gasteiger partial charge in [0.1, 0.15) is 17.9 Å². The number of benzene rings is 1. The number of carbonyl (C=O) groups is 1. The van der Waals surface area contributed by atoms with Crippen LogP contribution in [0, 0.1) is 0 Å². The second-order valence-electron chi connectivity index (χ2n) is 3.01. The number of rotatable bonds is 3. The fraction of sp³-hybridized carbons (Fsp3) is 0.222. The minimum absolute atomic E-state index is 0.0827. The molecule has 0 aliphatic heterocycles. The molecule has 6 heteroatoms. The number of hydrogen-bond donors (Lipinski definition) is 4. The maximum Gasteiger partial charge on any atom is 0.323 e. The van der Waals surface area contributed by atoms with Gasteiger partial charge in [-0.3, -0.25) is 4.79 Å². The van der Waals surface area contributed by atoms with Crippen molar-refractivity contribution < 1.29 is 20.1 Å². The Morgan fingerprint density at radius 3 is 2.60 bits per heavy atom. The zero-order chi connectivity index (χ0) is 11.6. The van der Waals surface area contributed by atoms with E-state index >= 15 is 0 Å². The average Bonchev–Trinajstić information content (AvgIpc) is 2.19. The highest BCUT2D eigenvalue weighted by atomic mass is 79.9. The van der Waals surface area contributed by atoms with E-state index in [0.29, 0.717) is 4.47 Å². The lowest BCUT2D eigenvalue weighted by atomic mass is 10.0. The number of halogens is 1. The van der Waals surface area contributed by atoms with Gasteiger partial charge in [-0.2, -0.15) is 0 Å². The van der Waals surface area contributed by atoms with Crippen LogP contribution in [0.25, 0.3) is 0 Å². The molecule has 0 aliphatic rings. The van der Waals surface area contributed by atoms with Crippen molar-refractivity contribution in [3.63, 3.8) is 0 Å². The lowest BCUT2D eigenvalue weighted by Crippen LogP contribution is -2.36. The summed E-state index contributed by atoms with van der Waals surface area (Å²) in [5.74, 6) is -1.52. The van der Waals surface area contributed by atoms with Crippen molar-refractivity contribution >= 4 is 21.9 Å². The van der Waals surface area contributed by atoms with Gasteiger partial charge in [-0.05, 0) is 18.2 Å². The molecule has 0 radical (unpaired) electrons. The summed E-state index contributed by atoms with van der Waals surface area (Å²) in [7, 11) is 0. The summed E-state index contributed by atoms with van der Waals surface area (Å²) >= 11 is 3.14. The topological polar surface area (TPSA) is 104 Å². The molecule has 2 unspecified atom stereocenters. The van der Waals surface area contributed by atoms with E-state index < -0.39 is 18.1 Å². The highest BCUT2D eigenvalue weighted by Gasteiger charge is 2.25. The van der Waals surface area contributed by atoms with E-state index in [-0.39, 0.29) is 11.3 Å². The third kappa shape index (κ3) is 2.68. The van der Waals surface area contributed by atoms with E-state index in [1.54, 1.807) is 6.07 Å². The molecule has 0 fully saturated rings. The van der Waals surface area contributed by atoms with E-state index in [1.807, 2.05) is 0 Å². The number of phenols is 1. The van der Waals surface area contributed by atoms with Crippen molar-refractivity contribution in [1.29, 1.82) is 0 Å². The predicted octanol–water partition coefficient (Wildman–Crippen LogP) is 0.600. The normalized spacial score (nSPS) is 14.6. The third-order valence-corrected chi connectivity index (χ3v) is 2.43. The van der Waals surface area contributed by atoms with Crippen molar-refractivity contribution in [1.82, 2.24) is 0 Å². The van der Waals surface area contributed by atoms with E-state index in [0.717, 1.165) is 0 Å². The highest BCUT2D eigenvalue weighted by Crippen LogP contribution is 2.28. The number of phenolic OH excluding ortho intramolecular Hbond substituents is 1. The summed E-state index contributed by atoms with van der Waals surface area (Å²) in [4.78, 5) is 10.5. The number of carboxylic acids is 1. The van der Waals surface area contributed by atoms with Crippen LogP contribution in [0.1, 0.15) is 11.7 Å². The van der Waals surface area contributed by atoms with Crippen LogP contribution in [0.15, 0.2) is 22.7 Å². The van der Waals surface area contributed by atoms with Gasteiger partial charge in [-0.1, -0.05) is 15.9 Å². The lowest BCUT2D eigenvalue weighted by Gasteiger charge is -2.16. The Bertz CT molecular complexity index is 382. The fourth-order valence-corrected chi connectivity index (χ4v) is 1.47. The second kappa shape index (κ2) is 4.61. The summed E-state index contributed by atoms with van der Waals surface area (Å²) < 4.78 is 0.618. The van der Waals surface area contributed by atoms with E-state index in [2.05, 4.69) is 15.9 Å². The van der Waals surface area contributed by atoms with Gasteiger partial charge in [0.05, 0.1) is 0 Å². The van der Waals surface area contributed by atoms with Crippen molar-refractivity contribution in [2.24, 2.45) is 5.73 Å². The SMILES string of the molecule is NC(C(=O)O)C(O)c1cc(Br)ccc1O. The van der Waals surface area contributed by atoms with Crippen LogP contribution in [0.4, 0.5) is 0 Å². The molecular formula is C9H10BrNO4. The number of aliphatic carboxylic acids is 1. The molecule has 0 saturated carbocycles. The molecule has 0 amide bonds.